The van der Waals surface area contributed by atoms with E-state index in [1.54, 1.807) is 24.4 Å². The van der Waals surface area contributed by atoms with Crippen molar-refractivity contribution in [3.8, 4) is 27.7 Å². The smallest absolute Gasteiger partial charge is 0.393 e. The molecule has 214 valence electrons. The second kappa shape index (κ2) is 10.9. The number of H-pyrrole nitrogens is 1. The molecule has 0 amide bonds. The third-order valence-corrected chi connectivity index (χ3v) is 8.14. The fourth-order valence-corrected chi connectivity index (χ4v) is 6.28. The molecule has 1 aliphatic rings. The number of fused-ring (bicyclic) bond motifs is 3. The van der Waals surface area contributed by atoms with Gasteiger partial charge in [-0.2, -0.15) is 18.3 Å². The number of rotatable bonds is 9. The second-order valence-electron chi connectivity index (χ2n) is 9.86. The topological polar surface area (TPSA) is 50.4 Å². The summed E-state index contributed by atoms with van der Waals surface area (Å²) in [5.74, 6) is -1.22. The van der Waals surface area contributed by atoms with E-state index in [2.05, 4.69) is 10.2 Å². The number of halogens is 6. The van der Waals surface area contributed by atoms with Gasteiger partial charge in [0.15, 0.2) is 17.3 Å². The Kier molecular flexibility index (Phi) is 7.28. The third kappa shape index (κ3) is 5.71. The van der Waals surface area contributed by atoms with Crippen molar-refractivity contribution in [1.29, 1.82) is 0 Å². The maximum Gasteiger partial charge on any atom is 0.393 e. The van der Waals surface area contributed by atoms with Crippen LogP contribution in [0.15, 0.2) is 54.7 Å². The van der Waals surface area contributed by atoms with Crippen LogP contribution in [-0.2, 0) is 6.42 Å². The summed E-state index contributed by atoms with van der Waals surface area (Å²) in [7, 11) is 0. The fourth-order valence-electron chi connectivity index (χ4n) is 4.98. The standard InChI is InChI=1S/C29H23F6N3O2S/c30-8-1-9-38-14-19(15-38)39-18-3-7-25(23(32)11-18)40-26-21-5-6-24-22(13-36-37-24)27(21)41-28(26)20-4-2-17(31)10-16(20)12-29(33,34)35/h2-7,10-11,13,19H,1,8-9,12,14-15H2,(H,36,37). The van der Waals surface area contributed by atoms with Crippen LogP contribution >= 0.6 is 11.3 Å². The van der Waals surface area contributed by atoms with Crippen molar-refractivity contribution >= 4 is 32.3 Å². The number of hydrogen-bond acceptors (Lipinski definition) is 5. The molecule has 1 fully saturated rings. The molecule has 1 N–H and O–H groups in total. The summed E-state index contributed by atoms with van der Waals surface area (Å²) in [5.41, 5.74) is 0.584. The molecule has 41 heavy (non-hydrogen) atoms. The van der Waals surface area contributed by atoms with Crippen molar-refractivity contribution in [1.82, 2.24) is 15.1 Å². The summed E-state index contributed by atoms with van der Waals surface area (Å²) < 4.78 is 94.6. The fraction of sp³-hybridized carbons (Fsp3) is 0.276. The normalized spacial score (nSPS) is 14.6. The number of alkyl halides is 4. The molecule has 12 heteroatoms. The van der Waals surface area contributed by atoms with Gasteiger partial charge in [0.1, 0.15) is 17.7 Å². The lowest BCUT2D eigenvalue weighted by molar-refractivity contribution is -0.127. The van der Waals surface area contributed by atoms with Gasteiger partial charge >= 0.3 is 6.18 Å². The third-order valence-electron chi connectivity index (χ3n) is 6.88. The van der Waals surface area contributed by atoms with Gasteiger partial charge in [0.05, 0.1) is 29.7 Å². The van der Waals surface area contributed by atoms with E-state index in [9.17, 15) is 22.0 Å². The van der Waals surface area contributed by atoms with Gasteiger partial charge in [0.2, 0.25) is 0 Å². The van der Waals surface area contributed by atoms with Crippen LogP contribution < -0.4 is 9.47 Å². The lowest BCUT2D eigenvalue weighted by Gasteiger charge is -2.38. The van der Waals surface area contributed by atoms with Crippen LogP contribution in [0, 0.1) is 11.6 Å². The van der Waals surface area contributed by atoms with E-state index >= 15 is 4.39 Å². The summed E-state index contributed by atoms with van der Waals surface area (Å²) in [4.78, 5) is 2.34. The molecule has 3 aromatic carbocycles. The largest absolute Gasteiger partial charge is 0.488 e. The number of hydrogen-bond donors (Lipinski definition) is 1. The van der Waals surface area contributed by atoms with Crippen LogP contribution in [0.3, 0.4) is 0 Å². The summed E-state index contributed by atoms with van der Waals surface area (Å²) in [6, 6.07) is 10.8. The lowest BCUT2D eigenvalue weighted by Crippen LogP contribution is -2.53. The van der Waals surface area contributed by atoms with E-state index < -0.39 is 24.2 Å². The molecule has 6 rings (SSSR count). The maximum absolute atomic E-state index is 15.3. The van der Waals surface area contributed by atoms with E-state index in [1.165, 1.54) is 18.2 Å². The second-order valence-corrected chi connectivity index (χ2v) is 10.9. The Morgan fingerprint density at radius 1 is 1.02 bits per heavy atom. The monoisotopic (exact) mass is 591 g/mol. The van der Waals surface area contributed by atoms with Gasteiger partial charge in [-0.05, 0) is 53.9 Å². The first-order valence-electron chi connectivity index (χ1n) is 12.8. The number of nitrogens with zero attached hydrogens (tertiary/aromatic N) is 2. The first-order valence-corrected chi connectivity index (χ1v) is 13.7. The summed E-state index contributed by atoms with van der Waals surface area (Å²) in [6.07, 6.45) is -4.02. The van der Waals surface area contributed by atoms with E-state index in [0.29, 0.717) is 57.7 Å². The number of aromatic nitrogens is 2. The highest BCUT2D eigenvalue weighted by molar-refractivity contribution is 7.23. The molecule has 0 unspecified atom stereocenters. The van der Waals surface area contributed by atoms with Gasteiger partial charge in [0.25, 0.3) is 0 Å². The predicted octanol–water partition coefficient (Wildman–Crippen LogP) is 8.04. The number of aromatic amines is 1. The highest BCUT2D eigenvalue weighted by Gasteiger charge is 2.31. The SMILES string of the molecule is FCCCN1CC(Oc2ccc(Oc3c(-c4ccc(F)cc4CC(F)(F)F)sc4c3ccc3[nH]ncc34)c(F)c2)C1. The van der Waals surface area contributed by atoms with Gasteiger partial charge in [-0.3, -0.25) is 14.4 Å². The van der Waals surface area contributed by atoms with Crippen LogP contribution in [0.1, 0.15) is 12.0 Å². The summed E-state index contributed by atoms with van der Waals surface area (Å²) >= 11 is 1.16. The number of ether oxygens (including phenoxy) is 2. The number of benzene rings is 3. The lowest BCUT2D eigenvalue weighted by atomic mass is 10.0. The zero-order valence-corrected chi connectivity index (χ0v) is 22.2. The van der Waals surface area contributed by atoms with Gasteiger partial charge in [-0.25, -0.2) is 8.78 Å². The molecule has 0 aliphatic carbocycles. The van der Waals surface area contributed by atoms with E-state index in [0.717, 1.165) is 23.5 Å². The van der Waals surface area contributed by atoms with E-state index in [4.69, 9.17) is 9.47 Å². The van der Waals surface area contributed by atoms with Gasteiger partial charge in [-0.1, -0.05) is 6.07 Å². The maximum atomic E-state index is 15.3. The van der Waals surface area contributed by atoms with Crippen molar-refractivity contribution in [3.63, 3.8) is 0 Å². The van der Waals surface area contributed by atoms with Gasteiger partial charge in [-0.15, -0.1) is 11.3 Å². The Bertz CT molecular complexity index is 1710. The molecule has 1 saturated heterocycles. The van der Waals surface area contributed by atoms with Crippen molar-refractivity contribution in [2.24, 2.45) is 0 Å². The van der Waals surface area contributed by atoms with Crippen LogP contribution in [-0.4, -0.2) is 53.7 Å². The Morgan fingerprint density at radius 2 is 1.85 bits per heavy atom. The molecule has 0 atom stereocenters. The average molecular weight is 592 g/mol. The van der Waals surface area contributed by atoms with Gasteiger partial charge in [0, 0.05) is 41.2 Å². The van der Waals surface area contributed by atoms with Crippen LogP contribution in [0.2, 0.25) is 0 Å². The minimum absolute atomic E-state index is 0.138. The Labute approximate surface area is 234 Å². The molecule has 0 spiro atoms. The Hall–Kier alpha value is -3.77. The summed E-state index contributed by atoms with van der Waals surface area (Å²) in [5, 5.41) is 8.17. The van der Waals surface area contributed by atoms with Crippen molar-refractivity contribution in [2.45, 2.75) is 25.1 Å². The molecule has 3 heterocycles. The first kappa shape index (κ1) is 27.4. The zero-order chi connectivity index (χ0) is 28.7. The number of likely N-dealkylation sites (tertiary alicyclic amines) is 1. The van der Waals surface area contributed by atoms with Crippen molar-refractivity contribution in [2.75, 3.05) is 26.3 Å². The molecule has 2 aromatic heterocycles. The van der Waals surface area contributed by atoms with Crippen LogP contribution in [0.5, 0.6) is 17.2 Å². The molecule has 0 saturated carbocycles. The summed E-state index contributed by atoms with van der Waals surface area (Å²) in [6.45, 7) is 1.49. The Morgan fingerprint density at radius 3 is 2.61 bits per heavy atom. The van der Waals surface area contributed by atoms with E-state index in [1.807, 2.05) is 4.90 Å². The van der Waals surface area contributed by atoms with Crippen molar-refractivity contribution < 1.29 is 35.8 Å². The van der Waals surface area contributed by atoms with Crippen LogP contribution in [0.25, 0.3) is 31.4 Å². The molecule has 0 radical (unpaired) electrons. The van der Waals surface area contributed by atoms with E-state index in [-0.39, 0.29) is 35.4 Å². The van der Waals surface area contributed by atoms with Crippen LogP contribution in [0.4, 0.5) is 26.3 Å². The van der Waals surface area contributed by atoms with Gasteiger partial charge < -0.3 is 9.47 Å². The molecule has 5 nitrogen and oxygen atoms in total. The number of nitrogens with one attached hydrogen (secondary N) is 1. The zero-order valence-electron chi connectivity index (χ0n) is 21.4. The molecule has 0 bridgehead atoms. The average Bonchev–Trinajstić information content (AvgIpc) is 3.51. The predicted molar refractivity (Wildman–Crippen MR) is 145 cm³/mol. The number of thiophene rings is 1. The Balaban J connectivity index is 1.36. The molecule has 5 aromatic rings. The molecule has 1 aliphatic heterocycles. The molecular weight excluding hydrogens is 568 g/mol. The first-order chi connectivity index (χ1) is 19.7. The molecular formula is C29H23F6N3O2S. The van der Waals surface area contributed by atoms with Crippen molar-refractivity contribution in [3.05, 3.63) is 71.9 Å². The highest BCUT2D eigenvalue weighted by atomic mass is 32.1. The minimum atomic E-state index is -4.58. The highest BCUT2D eigenvalue weighted by Crippen LogP contribution is 2.50. The quantitative estimate of drug-likeness (QED) is 0.176. The minimum Gasteiger partial charge on any atom is -0.488 e.